The standard InChI is InChI=1S/C54H84O26/c1-21-39(77-43-36(66)32(62)26(59)18-72-43)38(68)41(75-22(2)57)46(74-21)78-40-33(63)27(60)19-73-45(40)80-48(71)53-13-12-49(3,4)14-24(53)23-8-9-29-50(5)15-25(58)42(79-44-37(67)35(65)34(64)28(17-55)76-44)54(20-56,47(69)70)30(50)10-11-51(29,6)52(23,7)16-31(53)61/h8,21,24-46,55-56,58-68H,9-20H2,1-7H3,(H,69,70)/t21-,24-,25-,26+,27-,28+,29+,30+,31+,32-,33-,34+,35-,36+,37+,38+,39-,40+,41+,42-,43-,44-,45-,46-,50+,51+,52+,53+,54+/m0/s1. The third-order valence-corrected chi connectivity index (χ3v) is 21.0. The number of ether oxygens (including phenoxy) is 9. The summed E-state index contributed by atoms with van der Waals surface area (Å²) in [4.78, 5) is 41.8. The summed E-state index contributed by atoms with van der Waals surface area (Å²) < 4.78 is 52.8. The van der Waals surface area contributed by atoms with Crippen LogP contribution < -0.4 is 0 Å². The van der Waals surface area contributed by atoms with Gasteiger partial charge < -0.3 is 114 Å². The highest BCUT2D eigenvalue weighted by Gasteiger charge is 2.75. The zero-order chi connectivity index (χ0) is 58.7. The van der Waals surface area contributed by atoms with E-state index in [1.165, 1.54) is 6.92 Å². The first-order valence-electron chi connectivity index (χ1n) is 27.9. The van der Waals surface area contributed by atoms with E-state index in [1.807, 2.05) is 13.8 Å². The lowest BCUT2D eigenvalue weighted by Crippen LogP contribution is -2.72. The lowest BCUT2D eigenvalue weighted by atomic mass is 9.33. The summed E-state index contributed by atoms with van der Waals surface area (Å²) in [6.07, 6.45) is -30.9. The number of carboxylic acid groups (broad SMARTS) is 1. The van der Waals surface area contributed by atoms with E-state index >= 15 is 4.79 Å². The van der Waals surface area contributed by atoms with E-state index in [0.717, 1.165) is 12.5 Å². The van der Waals surface area contributed by atoms with Crippen molar-refractivity contribution in [2.75, 3.05) is 26.4 Å². The molecule has 26 nitrogen and oxygen atoms in total. The molecule has 456 valence electrons. The number of hydrogen-bond acceptors (Lipinski definition) is 25. The van der Waals surface area contributed by atoms with Crippen LogP contribution in [0.3, 0.4) is 0 Å². The molecule has 0 unspecified atom stereocenters. The minimum Gasteiger partial charge on any atom is -0.481 e. The van der Waals surface area contributed by atoms with Crippen molar-refractivity contribution in [2.45, 2.75) is 229 Å². The van der Waals surface area contributed by atoms with Crippen LogP contribution in [-0.2, 0) is 57.0 Å². The number of aliphatic hydroxyl groups is 13. The molecule has 4 saturated heterocycles. The van der Waals surface area contributed by atoms with E-state index in [9.17, 15) is 81.1 Å². The van der Waals surface area contributed by atoms with Crippen LogP contribution in [0, 0.1) is 50.2 Å². The van der Waals surface area contributed by atoms with Gasteiger partial charge in [0.2, 0.25) is 6.29 Å². The SMILES string of the molecule is CC(=O)O[C@H]1[C@H](O[C@H]2[C@H](OC(=O)[C@]34CCC(C)(C)C[C@H]3C3=CC[C@@H]5[C@@]6(C)C[C@H](O)[C@H](O[C@@H]7O[C@H](CO)[C@@H](O)[C@H](O)[C@H]7O)[C@](CO)(C(=O)O)[C@@H]6CC[C@@]5(C)[C@]3(C)C[C@H]4O)OC[C@H](O)[C@@H]2O)O[C@@H](C)[C@H](O[C@@H]2OC[C@@H](O)[C@H](O)[C@H]2O)[C@H]1O. The Balaban J connectivity index is 0.995. The third-order valence-electron chi connectivity index (χ3n) is 21.0. The third kappa shape index (κ3) is 9.78. The second-order valence-corrected chi connectivity index (χ2v) is 25.9. The van der Waals surface area contributed by atoms with E-state index < -0.39 is 218 Å². The first kappa shape index (κ1) is 61.9. The van der Waals surface area contributed by atoms with Crippen molar-refractivity contribution in [3.05, 3.63) is 11.6 Å². The number of carbonyl (C=O) groups excluding carboxylic acids is 2. The van der Waals surface area contributed by atoms with Crippen LogP contribution in [-0.4, -0.2) is 245 Å². The lowest BCUT2D eigenvalue weighted by Gasteiger charge is -2.72. The molecule has 5 aliphatic carbocycles. The average molecular weight is 1150 g/mol. The number of hydrogen-bond donors (Lipinski definition) is 14. The van der Waals surface area contributed by atoms with Crippen LogP contribution in [0.4, 0.5) is 0 Å². The number of esters is 2. The summed E-state index contributed by atoms with van der Waals surface area (Å²) in [7, 11) is 0. The Bertz CT molecular complexity index is 2300. The molecule has 0 amide bonds. The number of carboxylic acids is 1. The summed E-state index contributed by atoms with van der Waals surface area (Å²) in [5.41, 5.74) is -6.01. The Morgan fingerprint density at radius 1 is 0.637 bits per heavy atom. The lowest BCUT2D eigenvalue weighted by molar-refractivity contribution is -0.369. The maximum absolute atomic E-state index is 15.4. The Morgan fingerprint density at radius 3 is 1.91 bits per heavy atom. The average Bonchev–Trinajstić information content (AvgIpc) is 1.81. The fourth-order valence-corrected chi connectivity index (χ4v) is 16.4. The Morgan fingerprint density at radius 2 is 1.27 bits per heavy atom. The molecule has 0 bridgehead atoms. The molecule has 4 heterocycles. The van der Waals surface area contributed by atoms with E-state index in [1.54, 1.807) is 0 Å². The number of rotatable bonds is 12. The highest BCUT2D eigenvalue weighted by molar-refractivity contribution is 5.80. The molecule has 29 atom stereocenters. The molecule has 8 fully saturated rings. The summed E-state index contributed by atoms with van der Waals surface area (Å²) in [5.74, 6) is -5.24. The summed E-state index contributed by atoms with van der Waals surface area (Å²) in [6.45, 7) is 9.84. The number of fused-ring (bicyclic) bond motifs is 7. The number of carbonyl (C=O) groups is 3. The first-order chi connectivity index (χ1) is 37.4. The number of aliphatic hydroxyl groups excluding tert-OH is 13. The van der Waals surface area contributed by atoms with Crippen LogP contribution in [0.1, 0.15) is 99.8 Å². The Kier molecular flexibility index (Phi) is 17.3. The van der Waals surface area contributed by atoms with Gasteiger partial charge in [0.15, 0.2) is 31.1 Å². The topological polar surface area (TPSA) is 418 Å². The van der Waals surface area contributed by atoms with Crippen molar-refractivity contribution in [1.29, 1.82) is 0 Å². The van der Waals surface area contributed by atoms with Crippen molar-refractivity contribution in [3.8, 4) is 0 Å². The minimum absolute atomic E-state index is 0.0162. The maximum Gasteiger partial charge on any atom is 0.317 e. The maximum atomic E-state index is 15.4. The molecule has 0 aromatic rings. The summed E-state index contributed by atoms with van der Waals surface area (Å²) in [5, 5.41) is 154. The van der Waals surface area contributed by atoms with Crippen molar-refractivity contribution >= 4 is 17.9 Å². The zero-order valence-corrected chi connectivity index (χ0v) is 46.1. The minimum atomic E-state index is -2.20. The predicted molar refractivity (Wildman–Crippen MR) is 265 cm³/mol. The first-order valence-corrected chi connectivity index (χ1v) is 27.9. The van der Waals surface area contributed by atoms with Gasteiger partial charge in [-0.05, 0) is 97.7 Å². The number of aliphatic carboxylic acids is 1. The van der Waals surface area contributed by atoms with Crippen molar-refractivity contribution in [2.24, 2.45) is 50.2 Å². The van der Waals surface area contributed by atoms with E-state index in [-0.39, 0.29) is 31.1 Å². The zero-order valence-electron chi connectivity index (χ0n) is 46.1. The second-order valence-electron chi connectivity index (χ2n) is 25.9. The fourth-order valence-electron chi connectivity index (χ4n) is 16.4. The van der Waals surface area contributed by atoms with E-state index in [0.29, 0.717) is 25.7 Å². The number of allylic oxidation sites excluding steroid dienone is 2. The van der Waals surface area contributed by atoms with Gasteiger partial charge in [0.05, 0.1) is 44.7 Å². The molecule has 14 N–H and O–H groups in total. The molecule has 4 saturated carbocycles. The predicted octanol–water partition coefficient (Wildman–Crippen LogP) is -3.18. The molecule has 9 rings (SSSR count). The van der Waals surface area contributed by atoms with Gasteiger partial charge in [0.25, 0.3) is 0 Å². The Hall–Kier alpha value is -2.65. The molecule has 0 radical (unpaired) electrons. The van der Waals surface area contributed by atoms with Gasteiger partial charge >= 0.3 is 17.9 Å². The van der Waals surface area contributed by atoms with Crippen LogP contribution in [0.2, 0.25) is 0 Å². The second kappa shape index (κ2) is 22.3. The van der Waals surface area contributed by atoms with Gasteiger partial charge in [-0.3, -0.25) is 14.4 Å². The quantitative estimate of drug-likeness (QED) is 0.0520. The highest BCUT2D eigenvalue weighted by atomic mass is 16.8. The van der Waals surface area contributed by atoms with Crippen LogP contribution in [0.15, 0.2) is 11.6 Å². The van der Waals surface area contributed by atoms with Gasteiger partial charge in [0.1, 0.15) is 84.1 Å². The summed E-state index contributed by atoms with van der Waals surface area (Å²) in [6, 6.07) is 0. The molecule has 4 aliphatic heterocycles. The van der Waals surface area contributed by atoms with E-state index in [4.69, 9.17) is 42.6 Å². The van der Waals surface area contributed by atoms with Crippen molar-refractivity contribution in [3.63, 3.8) is 0 Å². The fraction of sp³-hybridized carbons (Fsp3) is 0.907. The van der Waals surface area contributed by atoms with Crippen LogP contribution in [0.25, 0.3) is 0 Å². The summed E-state index contributed by atoms with van der Waals surface area (Å²) >= 11 is 0. The monoisotopic (exact) mass is 1150 g/mol. The van der Waals surface area contributed by atoms with Crippen molar-refractivity contribution in [1.82, 2.24) is 0 Å². The normalized spacial score (nSPS) is 52.9. The molecule has 0 aromatic heterocycles. The van der Waals surface area contributed by atoms with Gasteiger partial charge in [-0.2, -0.15) is 0 Å². The molecule has 26 heteroatoms. The molecule has 9 aliphatic rings. The highest BCUT2D eigenvalue weighted by Crippen LogP contribution is 2.76. The molecule has 0 spiro atoms. The van der Waals surface area contributed by atoms with Gasteiger partial charge in [-0.25, -0.2) is 0 Å². The smallest absolute Gasteiger partial charge is 0.317 e. The van der Waals surface area contributed by atoms with Gasteiger partial charge in [0, 0.05) is 6.92 Å². The molecular weight excluding hydrogens is 1060 g/mol. The molecule has 80 heavy (non-hydrogen) atoms. The van der Waals surface area contributed by atoms with Crippen LogP contribution in [0.5, 0.6) is 0 Å². The van der Waals surface area contributed by atoms with E-state index in [2.05, 4.69) is 26.8 Å². The van der Waals surface area contributed by atoms with Crippen LogP contribution >= 0.6 is 0 Å². The largest absolute Gasteiger partial charge is 0.481 e. The molecular formula is C54H84O26. The van der Waals surface area contributed by atoms with Gasteiger partial charge in [-0.1, -0.05) is 46.3 Å². The Labute approximate surface area is 462 Å². The van der Waals surface area contributed by atoms with Gasteiger partial charge in [-0.15, -0.1) is 0 Å². The van der Waals surface area contributed by atoms with Crippen molar-refractivity contribution < 1.29 is 129 Å². The molecule has 0 aromatic carbocycles.